The lowest BCUT2D eigenvalue weighted by atomic mass is 9.95. The number of hydrogen-bond donors (Lipinski definition) is 2. The molecule has 0 unspecified atom stereocenters. The van der Waals surface area contributed by atoms with E-state index in [1.54, 1.807) is 13.8 Å². The smallest absolute Gasteiger partial charge is 0.382 e. The first kappa shape index (κ1) is 11.7. The molecule has 74 valence electrons. The minimum Gasteiger partial charge on any atom is -0.382 e. The summed E-state index contributed by atoms with van der Waals surface area (Å²) in [4.78, 5) is 0. The predicted octanol–water partition coefficient (Wildman–Crippen LogP) is 1.28. The van der Waals surface area contributed by atoms with Crippen LogP contribution >= 0.6 is 0 Å². The molecule has 12 heavy (non-hydrogen) atoms. The first-order chi connectivity index (χ1) is 5.30. The van der Waals surface area contributed by atoms with Crippen molar-refractivity contribution in [1.29, 1.82) is 0 Å². The third kappa shape index (κ3) is 2.98. The molecule has 3 atom stereocenters. The van der Waals surface area contributed by atoms with Crippen molar-refractivity contribution in [3.63, 3.8) is 0 Å². The van der Waals surface area contributed by atoms with Crippen molar-refractivity contribution >= 4 is 0 Å². The highest BCUT2D eigenvalue weighted by Gasteiger charge is 2.43. The zero-order valence-corrected chi connectivity index (χ0v) is 7.10. The molecule has 0 aliphatic rings. The van der Waals surface area contributed by atoms with E-state index in [9.17, 15) is 13.2 Å². The minimum atomic E-state index is -4.61. The lowest BCUT2D eigenvalue weighted by molar-refractivity contribution is -0.212. The maximum absolute atomic E-state index is 11.9. The number of halogens is 3. The first-order valence-electron chi connectivity index (χ1n) is 3.81. The van der Waals surface area contributed by atoms with Crippen molar-refractivity contribution in [2.24, 2.45) is 11.7 Å². The Balaban J connectivity index is 4.19. The molecule has 0 rings (SSSR count). The van der Waals surface area contributed by atoms with Crippen LogP contribution in [0.4, 0.5) is 13.2 Å². The highest BCUT2D eigenvalue weighted by atomic mass is 19.4. The number of alkyl halides is 3. The zero-order chi connectivity index (χ0) is 9.94. The van der Waals surface area contributed by atoms with Crippen LogP contribution in [-0.4, -0.2) is 23.4 Å². The van der Waals surface area contributed by atoms with Gasteiger partial charge in [0.05, 0.1) is 0 Å². The molecule has 0 saturated heterocycles. The van der Waals surface area contributed by atoms with Gasteiger partial charge in [-0.25, -0.2) is 0 Å². The third-order valence-corrected chi connectivity index (χ3v) is 2.00. The Morgan fingerprint density at radius 1 is 1.42 bits per heavy atom. The highest BCUT2D eigenvalue weighted by Crippen LogP contribution is 2.25. The summed E-state index contributed by atoms with van der Waals surface area (Å²) in [5.41, 5.74) is 5.19. The van der Waals surface area contributed by atoms with Gasteiger partial charge in [0.2, 0.25) is 0 Å². The molecule has 5 heteroatoms. The van der Waals surface area contributed by atoms with Gasteiger partial charge in [-0.15, -0.1) is 0 Å². The van der Waals surface area contributed by atoms with E-state index in [-0.39, 0.29) is 5.92 Å². The van der Waals surface area contributed by atoms with Crippen LogP contribution in [0.3, 0.4) is 0 Å². The van der Waals surface area contributed by atoms with Crippen LogP contribution < -0.4 is 5.73 Å². The molecule has 0 aromatic carbocycles. The van der Waals surface area contributed by atoms with Gasteiger partial charge in [0.15, 0.2) is 6.10 Å². The highest BCUT2D eigenvalue weighted by molar-refractivity contribution is 4.81. The van der Waals surface area contributed by atoms with Crippen LogP contribution in [0.2, 0.25) is 0 Å². The van der Waals surface area contributed by atoms with E-state index in [0.29, 0.717) is 6.42 Å². The van der Waals surface area contributed by atoms with Crippen molar-refractivity contribution in [3.05, 3.63) is 0 Å². The van der Waals surface area contributed by atoms with Gasteiger partial charge < -0.3 is 10.8 Å². The standard InChI is InChI=1S/C7H14F3NO/c1-3-4(2)5(11)6(12)7(8,9)10/h4-6,12H,3,11H2,1-2H3/t4-,5-,6+/m1/s1. The molecule has 0 fully saturated rings. The van der Waals surface area contributed by atoms with Crippen LogP contribution in [0.1, 0.15) is 20.3 Å². The fourth-order valence-corrected chi connectivity index (χ4v) is 0.802. The average Bonchev–Trinajstić information content (AvgIpc) is 1.98. The second kappa shape index (κ2) is 4.09. The normalized spacial score (nSPS) is 20.2. The molecular weight excluding hydrogens is 171 g/mol. The second-order valence-corrected chi connectivity index (χ2v) is 2.95. The molecule has 0 saturated carbocycles. The van der Waals surface area contributed by atoms with Gasteiger partial charge in [0.25, 0.3) is 0 Å². The summed E-state index contributed by atoms with van der Waals surface area (Å²) in [6.07, 6.45) is -6.50. The molecule has 0 heterocycles. The molecule has 0 aliphatic carbocycles. The van der Waals surface area contributed by atoms with E-state index in [2.05, 4.69) is 0 Å². The number of rotatable bonds is 3. The zero-order valence-electron chi connectivity index (χ0n) is 7.10. The minimum absolute atomic E-state index is 0.332. The van der Waals surface area contributed by atoms with E-state index >= 15 is 0 Å². The average molecular weight is 185 g/mol. The van der Waals surface area contributed by atoms with Gasteiger partial charge in [-0.2, -0.15) is 13.2 Å². The molecular formula is C7H14F3NO. The van der Waals surface area contributed by atoms with Gasteiger partial charge >= 0.3 is 6.18 Å². The summed E-state index contributed by atoms with van der Waals surface area (Å²) in [6.45, 7) is 3.31. The lowest BCUT2D eigenvalue weighted by Gasteiger charge is -2.25. The molecule has 0 radical (unpaired) electrons. The summed E-state index contributed by atoms with van der Waals surface area (Å²) in [6, 6.07) is -1.23. The quantitative estimate of drug-likeness (QED) is 0.695. The molecule has 0 aromatic heterocycles. The van der Waals surface area contributed by atoms with Crippen molar-refractivity contribution in [3.8, 4) is 0 Å². The fourth-order valence-electron chi connectivity index (χ4n) is 0.802. The second-order valence-electron chi connectivity index (χ2n) is 2.95. The number of aliphatic hydroxyl groups excluding tert-OH is 1. The number of aliphatic hydroxyl groups is 1. The summed E-state index contributed by atoms with van der Waals surface area (Å²) in [7, 11) is 0. The lowest BCUT2D eigenvalue weighted by Crippen LogP contribution is -2.48. The topological polar surface area (TPSA) is 46.2 Å². The number of hydrogen-bond acceptors (Lipinski definition) is 2. The van der Waals surface area contributed by atoms with E-state index in [1.165, 1.54) is 0 Å². The summed E-state index contributed by atoms with van der Waals surface area (Å²) < 4.78 is 35.6. The molecule has 0 spiro atoms. The summed E-state index contributed by atoms with van der Waals surface area (Å²) in [5.74, 6) is -0.332. The van der Waals surface area contributed by atoms with Gasteiger partial charge in [0, 0.05) is 6.04 Å². The van der Waals surface area contributed by atoms with Crippen LogP contribution in [-0.2, 0) is 0 Å². The van der Waals surface area contributed by atoms with Gasteiger partial charge in [0.1, 0.15) is 0 Å². The van der Waals surface area contributed by atoms with Crippen molar-refractivity contribution < 1.29 is 18.3 Å². The maximum Gasteiger partial charge on any atom is 0.415 e. The third-order valence-electron chi connectivity index (χ3n) is 2.00. The maximum atomic E-state index is 11.9. The Hall–Kier alpha value is -0.290. The Kier molecular flexibility index (Phi) is 3.99. The van der Waals surface area contributed by atoms with Crippen molar-refractivity contribution in [1.82, 2.24) is 0 Å². The van der Waals surface area contributed by atoms with Crippen LogP contribution in [0.5, 0.6) is 0 Å². The molecule has 0 bridgehead atoms. The predicted molar refractivity (Wildman–Crippen MR) is 39.5 cm³/mol. The van der Waals surface area contributed by atoms with E-state index in [4.69, 9.17) is 10.8 Å². The summed E-state index contributed by atoms with van der Waals surface area (Å²) >= 11 is 0. The van der Waals surface area contributed by atoms with E-state index < -0.39 is 18.3 Å². The SMILES string of the molecule is CC[C@@H](C)[C@@H](N)[C@H](O)C(F)(F)F. The van der Waals surface area contributed by atoms with Crippen molar-refractivity contribution in [2.45, 2.75) is 38.6 Å². The number of nitrogens with two attached hydrogens (primary N) is 1. The Morgan fingerprint density at radius 2 is 1.83 bits per heavy atom. The van der Waals surface area contributed by atoms with Gasteiger partial charge in [-0.05, 0) is 5.92 Å². The fraction of sp³-hybridized carbons (Fsp3) is 1.00. The monoisotopic (exact) mass is 185 g/mol. The molecule has 0 amide bonds. The molecule has 3 N–H and O–H groups in total. The molecule has 0 aromatic rings. The summed E-state index contributed by atoms with van der Waals surface area (Å²) in [5, 5.41) is 8.71. The van der Waals surface area contributed by atoms with Gasteiger partial charge in [-0.3, -0.25) is 0 Å². The van der Waals surface area contributed by atoms with Crippen LogP contribution in [0.15, 0.2) is 0 Å². The van der Waals surface area contributed by atoms with Crippen molar-refractivity contribution in [2.75, 3.05) is 0 Å². The Labute approximate surface area is 69.6 Å². The largest absolute Gasteiger partial charge is 0.415 e. The molecule has 2 nitrogen and oxygen atoms in total. The molecule has 0 aliphatic heterocycles. The Morgan fingerprint density at radius 3 is 2.08 bits per heavy atom. The van der Waals surface area contributed by atoms with Crippen LogP contribution in [0.25, 0.3) is 0 Å². The van der Waals surface area contributed by atoms with Crippen LogP contribution in [0, 0.1) is 5.92 Å². The Bertz CT molecular complexity index is 137. The van der Waals surface area contributed by atoms with Gasteiger partial charge in [-0.1, -0.05) is 20.3 Å². The van der Waals surface area contributed by atoms with E-state index in [1.807, 2.05) is 0 Å². The first-order valence-corrected chi connectivity index (χ1v) is 3.81. The van der Waals surface area contributed by atoms with E-state index in [0.717, 1.165) is 0 Å².